The van der Waals surface area contributed by atoms with Gasteiger partial charge in [-0.05, 0) is 43.5 Å². The molecule has 1 aromatic heterocycles. The number of amides is 1. The molecule has 0 radical (unpaired) electrons. The van der Waals surface area contributed by atoms with Crippen molar-refractivity contribution in [2.75, 3.05) is 18.9 Å². The smallest absolute Gasteiger partial charge is 0.227 e. The molecule has 0 fully saturated rings. The van der Waals surface area contributed by atoms with Crippen molar-refractivity contribution in [2.24, 2.45) is 0 Å². The highest BCUT2D eigenvalue weighted by molar-refractivity contribution is 7.14. The summed E-state index contributed by atoms with van der Waals surface area (Å²) in [7, 11) is 1.84. The number of aromatic nitrogens is 1. The van der Waals surface area contributed by atoms with Crippen LogP contribution in [-0.4, -0.2) is 24.5 Å². The zero-order valence-electron chi connectivity index (χ0n) is 12.5. The largest absolute Gasteiger partial charge is 0.319 e. The van der Waals surface area contributed by atoms with E-state index in [4.69, 9.17) is 0 Å². The van der Waals surface area contributed by atoms with Gasteiger partial charge in [0.2, 0.25) is 5.91 Å². The van der Waals surface area contributed by atoms with E-state index < -0.39 is 0 Å². The van der Waals surface area contributed by atoms with Gasteiger partial charge in [-0.1, -0.05) is 12.1 Å². The van der Waals surface area contributed by atoms with Crippen LogP contribution in [0, 0.1) is 0 Å². The Bertz CT molecular complexity index is 657. The van der Waals surface area contributed by atoms with Crippen LogP contribution in [0.3, 0.4) is 0 Å². The lowest BCUT2D eigenvalue weighted by Gasteiger charge is -2.02. The number of carbonyl (C=O) groups excluding carboxylic acids is 1. The molecular weight excluding hydrogens is 318 g/mol. The molecule has 3 rings (SSSR count). The van der Waals surface area contributed by atoms with E-state index in [0.717, 1.165) is 11.3 Å². The maximum absolute atomic E-state index is 11.7. The first-order chi connectivity index (χ1) is 10.3. The molecule has 1 aromatic carbocycles. The van der Waals surface area contributed by atoms with Crippen LogP contribution >= 0.6 is 23.7 Å². The molecule has 1 aliphatic carbocycles. The Hall–Kier alpha value is -1.43. The second-order valence-electron chi connectivity index (χ2n) is 5.28. The fraction of sp³-hybridized carbons (Fsp3) is 0.375. The predicted molar refractivity (Wildman–Crippen MR) is 94.0 cm³/mol. The third-order valence-corrected chi connectivity index (χ3v) is 4.50. The van der Waals surface area contributed by atoms with Crippen molar-refractivity contribution in [3.8, 4) is 11.3 Å². The highest BCUT2D eigenvalue weighted by Crippen LogP contribution is 2.30. The van der Waals surface area contributed by atoms with Crippen molar-refractivity contribution in [1.82, 2.24) is 10.3 Å². The first-order valence-corrected chi connectivity index (χ1v) is 8.16. The van der Waals surface area contributed by atoms with Crippen LogP contribution in [0.25, 0.3) is 11.3 Å². The predicted octanol–water partition coefficient (Wildman–Crippen LogP) is 3.27. The Balaban J connectivity index is 0.00000176. The summed E-state index contributed by atoms with van der Waals surface area (Å²) >= 11 is 1.48. The van der Waals surface area contributed by atoms with Crippen LogP contribution in [0.15, 0.2) is 23.6 Å². The molecule has 0 saturated carbocycles. The van der Waals surface area contributed by atoms with Gasteiger partial charge in [-0.3, -0.25) is 4.79 Å². The zero-order valence-corrected chi connectivity index (χ0v) is 14.1. The summed E-state index contributed by atoms with van der Waals surface area (Å²) in [4.78, 5) is 16.2. The minimum atomic E-state index is -0.000738. The topological polar surface area (TPSA) is 54.0 Å². The van der Waals surface area contributed by atoms with E-state index >= 15 is 0 Å². The van der Waals surface area contributed by atoms with Gasteiger partial charge in [0, 0.05) is 23.9 Å². The lowest BCUT2D eigenvalue weighted by Crippen LogP contribution is -2.18. The van der Waals surface area contributed by atoms with E-state index in [-0.39, 0.29) is 18.3 Å². The number of halogens is 1. The van der Waals surface area contributed by atoms with Gasteiger partial charge in [0.25, 0.3) is 0 Å². The van der Waals surface area contributed by atoms with Crippen molar-refractivity contribution in [3.63, 3.8) is 0 Å². The van der Waals surface area contributed by atoms with E-state index in [0.29, 0.717) is 18.1 Å². The fourth-order valence-electron chi connectivity index (χ4n) is 2.62. The summed E-state index contributed by atoms with van der Waals surface area (Å²) in [5.74, 6) is -0.000738. The second-order valence-corrected chi connectivity index (χ2v) is 6.13. The molecule has 0 unspecified atom stereocenters. The van der Waals surface area contributed by atoms with Crippen molar-refractivity contribution >= 4 is 34.8 Å². The summed E-state index contributed by atoms with van der Waals surface area (Å²) < 4.78 is 0. The van der Waals surface area contributed by atoms with Gasteiger partial charge >= 0.3 is 0 Å². The Kier molecular flexibility index (Phi) is 5.94. The Morgan fingerprint density at radius 1 is 1.32 bits per heavy atom. The summed E-state index contributed by atoms with van der Waals surface area (Å²) in [6, 6.07) is 6.58. The highest BCUT2D eigenvalue weighted by atomic mass is 35.5. The van der Waals surface area contributed by atoms with Crippen LogP contribution in [0.5, 0.6) is 0 Å². The number of carbonyl (C=O) groups is 1. The number of aryl methyl sites for hydroxylation is 2. The Morgan fingerprint density at radius 3 is 2.95 bits per heavy atom. The van der Waals surface area contributed by atoms with Gasteiger partial charge < -0.3 is 10.6 Å². The molecule has 118 valence electrons. The van der Waals surface area contributed by atoms with Gasteiger partial charge in [-0.25, -0.2) is 4.98 Å². The molecule has 2 N–H and O–H groups in total. The van der Waals surface area contributed by atoms with E-state index in [9.17, 15) is 4.79 Å². The van der Waals surface area contributed by atoms with E-state index in [1.54, 1.807) is 0 Å². The number of rotatable bonds is 5. The van der Waals surface area contributed by atoms with Gasteiger partial charge in [0.15, 0.2) is 5.13 Å². The number of fused-ring (bicyclic) bond motifs is 1. The Labute approximate surface area is 140 Å². The molecule has 1 aliphatic rings. The zero-order chi connectivity index (χ0) is 14.7. The summed E-state index contributed by atoms with van der Waals surface area (Å²) in [5.41, 5.74) is 5.00. The molecule has 22 heavy (non-hydrogen) atoms. The monoisotopic (exact) mass is 337 g/mol. The maximum atomic E-state index is 11.7. The van der Waals surface area contributed by atoms with Crippen LogP contribution in [0.4, 0.5) is 5.13 Å². The highest BCUT2D eigenvalue weighted by Gasteiger charge is 2.13. The van der Waals surface area contributed by atoms with Crippen LogP contribution < -0.4 is 10.6 Å². The Morgan fingerprint density at radius 2 is 2.14 bits per heavy atom. The minimum absolute atomic E-state index is 0. The van der Waals surface area contributed by atoms with Crippen molar-refractivity contribution in [2.45, 2.75) is 25.7 Å². The number of benzene rings is 1. The van der Waals surface area contributed by atoms with Gasteiger partial charge in [0.1, 0.15) is 0 Å². The standard InChI is InChI=1S/C16H19N3OS.ClH/c1-17-8-7-15(20)19-16-18-14(10-21-16)13-6-5-11-3-2-4-12(11)9-13;/h5-6,9-10,17H,2-4,7-8H2,1H3,(H,18,19,20);1H. The number of anilines is 1. The number of hydrogen-bond acceptors (Lipinski definition) is 4. The van der Waals surface area contributed by atoms with Crippen molar-refractivity contribution < 1.29 is 4.79 Å². The normalized spacial score (nSPS) is 12.6. The quantitative estimate of drug-likeness (QED) is 0.880. The second kappa shape index (κ2) is 7.72. The maximum Gasteiger partial charge on any atom is 0.227 e. The van der Waals surface area contributed by atoms with Crippen LogP contribution in [0.2, 0.25) is 0 Å². The van der Waals surface area contributed by atoms with Crippen molar-refractivity contribution in [1.29, 1.82) is 0 Å². The van der Waals surface area contributed by atoms with Gasteiger partial charge in [-0.15, -0.1) is 23.7 Å². The molecule has 1 heterocycles. The third kappa shape index (κ3) is 3.85. The number of nitrogens with zero attached hydrogens (tertiary/aromatic N) is 1. The van der Waals surface area contributed by atoms with Crippen LogP contribution in [0.1, 0.15) is 24.0 Å². The molecule has 2 aromatic rings. The SMILES string of the molecule is CNCCC(=O)Nc1nc(-c2ccc3c(c2)CCC3)cs1.Cl. The molecule has 4 nitrogen and oxygen atoms in total. The first-order valence-electron chi connectivity index (χ1n) is 7.28. The van der Waals surface area contributed by atoms with E-state index in [1.165, 1.54) is 41.7 Å². The van der Waals surface area contributed by atoms with Crippen molar-refractivity contribution in [3.05, 3.63) is 34.7 Å². The average Bonchev–Trinajstić information content (AvgIpc) is 3.12. The third-order valence-electron chi connectivity index (χ3n) is 3.75. The summed E-state index contributed by atoms with van der Waals surface area (Å²) in [6.45, 7) is 0.675. The molecule has 6 heteroatoms. The fourth-order valence-corrected chi connectivity index (χ4v) is 3.35. The molecule has 0 aliphatic heterocycles. The van der Waals surface area contributed by atoms with E-state index in [2.05, 4.69) is 33.8 Å². The lowest BCUT2D eigenvalue weighted by atomic mass is 10.1. The first kappa shape index (κ1) is 16.9. The summed E-state index contributed by atoms with van der Waals surface area (Å²) in [6.07, 6.45) is 4.08. The molecule has 0 saturated heterocycles. The van der Waals surface area contributed by atoms with Gasteiger partial charge in [0.05, 0.1) is 5.69 Å². The molecular formula is C16H20ClN3OS. The van der Waals surface area contributed by atoms with E-state index in [1.807, 2.05) is 12.4 Å². The molecule has 1 amide bonds. The molecule has 0 atom stereocenters. The lowest BCUT2D eigenvalue weighted by molar-refractivity contribution is -0.116. The average molecular weight is 338 g/mol. The minimum Gasteiger partial charge on any atom is -0.319 e. The summed E-state index contributed by atoms with van der Waals surface area (Å²) in [5, 5.41) is 8.49. The van der Waals surface area contributed by atoms with Crippen LogP contribution in [-0.2, 0) is 17.6 Å². The molecule has 0 bridgehead atoms. The molecule has 0 spiro atoms. The number of hydrogen-bond donors (Lipinski definition) is 2. The number of nitrogens with one attached hydrogen (secondary N) is 2. The number of thiazole rings is 1. The van der Waals surface area contributed by atoms with Gasteiger partial charge in [-0.2, -0.15) is 0 Å².